The van der Waals surface area contributed by atoms with Crippen molar-refractivity contribution in [3.8, 4) is 0 Å². The smallest absolute Gasteiger partial charge is 0.366 e. The Morgan fingerprint density at radius 2 is 1.76 bits per heavy atom. The van der Waals surface area contributed by atoms with Gasteiger partial charge in [-0.15, -0.1) is 0 Å². The van der Waals surface area contributed by atoms with E-state index in [2.05, 4.69) is 0 Å². The summed E-state index contributed by atoms with van der Waals surface area (Å²) < 4.78 is 51.1. The predicted octanol–water partition coefficient (Wildman–Crippen LogP) is 3.54. The highest BCUT2D eigenvalue weighted by Gasteiger charge is 2.34. The van der Waals surface area contributed by atoms with Crippen molar-refractivity contribution in [2.45, 2.75) is 6.18 Å². The maximum Gasteiger partial charge on any atom is 0.419 e. The zero-order chi connectivity index (χ0) is 15.6. The molecule has 2 aromatic carbocycles. The topological polar surface area (TPSA) is 43.1 Å². The van der Waals surface area contributed by atoms with Crippen molar-refractivity contribution in [1.82, 2.24) is 0 Å². The molecule has 0 aliphatic rings. The highest BCUT2D eigenvalue weighted by molar-refractivity contribution is 5.95. The summed E-state index contributed by atoms with van der Waals surface area (Å²) in [5.74, 6) is -2.04. The molecule has 2 nitrogen and oxygen atoms in total. The summed E-state index contributed by atoms with van der Waals surface area (Å²) in [6, 6.07) is 8.83. The molecule has 0 unspecified atom stereocenters. The number of nitrogens with two attached hydrogens (primary N) is 1. The fourth-order valence-electron chi connectivity index (χ4n) is 1.88. The fourth-order valence-corrected chi connectivity index (χ4v) is 1.88. The van der Waals surface area contributed by atoms with E-state index in [1.54, 1.807) is 12.1 Å². The zero-order valence-corrected chi connectivity index (χ0v) is 10.6. The summed E-state index contributed by atoms with van der Waals surface area (Å²) in [5, 5.41) is 0. The molecule has 1 amide bonds. The van der Waals surface area contributed by atoms with Crippen LogP contribution in [0.15, 0.2) is 42.5 Å². The Bertz CT molecular complexity index is 680. The lowest BCUT2D eigenvalue weighted by Crippen LogP contribution is -2.13. The molecule has 2 N–H and O–H groups in total. The lowest BCUT2D eigenvalue weighted by Gasteiger charge is -2.11. The van der Waals surface area contributed by atoms with Gasteiger partial charge in [0.25, 0.3) is 0 Å². The predicted molar refractivity (Wildman–Crippen MR) is 68.9 cm³/mol. The highest BCUT2D eigenvalue weighted by Crippen LogP contribution is 2.32. The van der Waals surface area contributed by atoms with Crippen LogP contribution in [0.3, 0.4) is 0 Å². The van der Waals surface area contributed by atoms with Gasteiger partial charge in [-0.1, -0.05) is 24.3 Å². The number of amides is 1. The second-order valence-corrected chi connectivity index (χ2v) is 4.33. The van der Waals surface area contributed by atoms with E-state index in [9.17, 15) is 22.4 Å². The molecule has 109 valence electrons. The van der Waals surface area contributed by atoms with Crippen LogP contribution in [0.1, 0.15) is 27.0 Å². The summed E-state index contributed by atoms with van der Waals surface area (Å²) in [4.78, 5) is 11.3. The molecule has 0 aliphatic heterocycles. The van der Waals surface area contributed by atoms with Crippen molar-refractivity contribution >= 4 is 5.91 Å². The SMILES string of the molecule is NC(=O)c1ccccc1[CH]c1ccc(F)c(C(F)(F)F)c1. The van der Waals surface area contributed by atoms with Crippen molar-refractivity contribution in [3.05, 3.63) is 77.0 Å². The summed E-state index contributed by atoms with van der Waals surface area (Å²) >= 11 is 0. The van der Waals surface area contributed by atoms with Gasteiger partial charge in [0.15, 0.2) is 0 Å². The number of hydrogen-bond acceptors (Lipinski definition) is 1. The Kier molecular flexibility index (Phi) is 3.97. The first-order chi connectivity index (χ1) is 9.79. The molecule has 0 saturated carbocycles. The molecule has 21 heavy (non-hydrogen) atoms. The van der Waals surface area contributed by atoms with Crippen LogP contribution in [0.4, 0.5) is 17.6 Å². The fraction of sp³-hybridized carbons (Fsp3) is 0.0667. The van der Waals surface area contributed by atoms with E-state index in [-0.39, 0.29) is 11.1 Å². The highest BCUT2D eigenvalue weighted by atomic mass is 19.4. The minimum atomic E-state index is -4.78. The number of primary amides is 1. The molecular weight excluding hydrogens is 286 g/mol. The summed E-state index contributed by atoms with van der Waals surface area (Å²) in [7, 11) is 0. The third-order valence-corrected chi connectivity index (χ3v) is 2.84. The minimum absolute atomic E-state index is 0.123. The van der Waals surface area contributed by atoms with Crippen molar-refractivity contribution in [2.24, 2.45) is 5.73 Å². The minimum Gasteiger partial charge on any atom is -0.366 e. The van der Waals surface area contributed by atoms with Gasteiger partial charge in [0.1, 0.15) is 5.82 Å². The van der Waals surface area contributed by atoms with E-state index in [0.717, 1.165) is 6.07 Å². The van der Waals surface area contributed by atoms with Crippen molar-refractivity contribution < 1.29 is 22.4 Å². The van der Waals surface area contributed by atoms with E-state index in [1.165, 1.54) is 24.6 Å². The van der Waals surface area contributed by atoms with E-state index in [0.29, 0.717) is 11.6 Å². The van der Waals surface area contributed by atoms with Crippen LogP contribution >= 0.6 is 0 Å². The molecule has 6 heteroatoms. The Morgan fingerprint density at radius 1 is 1.10 bits per heavy atom. The number of alkyl halides is 3. The van der Waals surface area contributed by atoms with E-state index in [4.69, 9.17) is 5.73 Å². The molecule has 2 aromatic rings. The van der Waals surface area contributed by atoms with Crippen LogP contribution in [0.25, 0.3) is 0 Å². The van der Waals surface area contributed by atoms with Gasteiger partial charge in [0.2, 0.25) is 5.91 Å². The average Bonchev–Trinajstić information content (AvgIpc) is 2.40. The Balaban J connectivity index is 2.40. The van der Waals surface area contributed by atoms with Gasteiger partial charge in [-0.2, -0.15) is 13.2 Å². The Morgan fingerprint density at radius 3 is 2.38 bits per heavy atom. The molecule has 0 bridgehead atoms. The van der Waals surface area contributed by atoms with Crippen molar-refractivity contribution in [1.29, 1.82) is 0 Å². The molecule has 0 aliphatic carbocycles. The maximum atomic E-state index is 13.2. The Hall–Kier alpha value is -2.37. The average molecular weight is 296 g/mol. The van der Waals surface area contributed by atoms with Gasteiger partial charge in [0.05, 0.1) is 5.56 Å². The van der Waals surface area contributed by atoms with Gasteiger partial charge in [-0.05, 0) is 29.3 Å². The lowest BCUT2D eigenvalue weighted by molar-refractivity contribution is -0.140. The number of benzene rings is 2. The van der Waals surface area contributed by atoms with Gasteiger partial charge in [0, 0.05) is 12.0 Å². The maximum absolute atomic E-state index is 13.2. The quantitative estimate of drug-likeness (QED) is 0.865. The molecule has 0 fully saturated rings. The number of rotatable bonds is 3. The third-order valence-electron chi connectivity index (χ3n) is 2.84. The Labute approximate surface area is 118 Å². The van der Waals surface area contributed by atoms with Crippen LogP contribution in [0.2, 0.25) is 0 Å². The first kappa shape index (κ1) is 15.0. The van der Waals surface area contributed by atoms with Crippen LogP contribution in [-0.2, 0) is 6.18 Å². The molecule has 0 aromatic heterocycles. The largest absolute Gasteiger partial charge is 0.419 e. The second-order valence-electron chi connectivity index (χ2n) is 4.33. The van der Waals surface area contributed by atoms with Crippen LogP contribution in [-0.4, -0.2) is 5.91 Å². The van der Waals surface area contributed by atoms with Crippen molar-refractivity contribution in [2.75, 3.05) is 0 Å². The summed E-state index contributed by atoms with van der Waals surface area (Å²) in [6.45, 7) is 0. The standard InChI is InChI=1S/C15H10F4NO/c16-13-6-5-9(8-12(13)15(17,18)19)7-10-3-1-2-4-11(10)14(20)21/h1-8H,(H2,20,21). The van der Waals surface area contributed by atoms with Gasteiger partial charge < -0.3 is 5.73 Å². The zero-order valence-electron chi connectivity index (χ0n) is 10.6. The monoisotopic (exact) mass is 296 g/mol. The molecule has 2 rings (SSSR count). The molecule has 0 atom stereocenters. The normalized spacial score (nSPS) is 11.4. The molecular formula is C15H10F4NO. The number of hydrogen-bond donors (Lipinski definition) is 1. The molecule has 0 heterocycles. The van der Waals surface area contributed by atoms with Crippen LogP contribution in [0.5, 0.6) is 0 Å². The third kappa shape index (κ3) is 3.39. The first-order valence-electron chi connectivity index (χ1n) is 5.89. The molecule has 0 saturated heterocycles. The lowest BCUT2D eigenvalue weighted by atomic mass is 9.98. The van der Waals surface area contributed by atoms with Crippen LogP contribution in [0, 0.1) is 12.2 Å². The summed E-state index contributed by atoms with van der Waals surface area (Å²) in [6.07, 6.45) is -3.44. The number of carbonyl (C=O) groups is 1. The van der Waals surface area contributed by atoms with Gasteiger partial charge in [-0.3, -0.25) is 4.79 Å². The number of halogens is 4. The van der Waals surface area contributed by atoms with Gasteiger partial charge in [-0.25, -0.2) is 4.39 Å². The second kappa shape index (κ2) is 5.55. The van der Waals surface area contributed by atoms with E-state index < -0.39 is 23.5 Å². The summed E-state index contributed by atoms with van der Waals surface area (Å²) in [5.41, 5.74) is 4.50. The first-order valence-corrected chi connectivity index (χ1v) is 5.89. The van der Waals surface area contributed by atoms with E-state index >= 15 is 0 Å². The van der Waals surface area contributed by atoms with Crippen LogP contribution < -0.4 is 5.73 Å². The number of carbonyl (C=O) groups excluding carboxylic acids is 1. The van der Waals surface area contributed by atoms with E-state index in [1.807, 2.05) is 0 Å². The van der Waals surface area contributed by atoms with Crippen molar-refractivity contribution in [3.63, 3.8) is 0 Å². The molecule has 1 radical (unpaired) electrons. The molecule has 0 spiro atoms. The van der Waals surface area contributed by atoms with Gasteiger partial charge >= 0.3 is 6.18 Å².